The minimum absolute atomic E-state index is 0.0979. The Morgan fingerprint density at radius 3 is 2.52 bits per heavy atom. The van der Waals surface area contributed by atoms with Gasteiger partial charge in [-0.3, -0.25) is 4.79 Å². The number of ether oxygens (including phenoxy) is 2. The van der Waals surface area contributed by atoms with Crippen molar-refractivity contribution in [1.29, 1.82) is 0 Å². The maximum Gasteiger partial charge on any atom is 0.323 e. The Morgan fingerprint density at radius 2 is 1.84 bits per heavy atom. The molecule has 0 aliphatic rings. The molecule has 2 aromatic carbocycles. The van der Waals surface area contributed by atoms with E-state index in [-0.39, 0.29) is 31.1 Å². The number of esters is 1. The van der Waals surface area contributed by atoms with Crippen LogP contribution in [0.25, 0.3) is 0 Å². The first-order valence-corrected chi connectivity index (χ1v) is 8.00. The molecule has 6 nitrogen and oxygen atoms in total. The van der Waals surface area contributed by atoms with Crippen molar-refractivity contribution >= 4 is 5.97 Å². The zero-order valence-electron chi connectivity index (χ0n) is 14.4. The monoisotopic (exact) mass is 345 g/mol. The number of carbonyl (C=O) groups excluding carboxylic acids is 1. The smallest absolute Gasteiger partial charge is 0.323 e. The van der Waals surface area contributed by atoms with Gasteiger partial charge in [0.05, 0.1) is 0 Å². The van der Waals surface area contributed by atoms with E-state index in [9.17, 15) is 15.0 Å². The summed E-state index contributed by atoms with van der Waals surface area (Å²) in [7, 11) is 0. The highest BCUT2D eigenvalue weighted by molar-refractivity contribution is 5.76. The number of benzene rings is 2. The summed E-state index contributed by atoms with van der Waals surface area (Å²) in [6.45, 7) is 4.30. The van der Waals surface area contributed by atoms with Crippen LogP contribution in [0.4, 0.5) is 0 Å². The predicted molar refractivity (Wildman–Crippen MR) is 93.8 cm³/mol. The molecule has 2 rings (SSSR count). The van der Waals surface area contributed by atoms with E-state index in [0.717, 1.165) is 16.9 Å². The molecule has 0 amide bonds. The summed E-state index contributed by atoms with van der Waals surface area (Å²) in [5.74, 6) is -0.259. The van der Waals surface area contributed by atoms with Crippen LogP contribution in [0, 0.1) is 13.8 Å². The van der Waals surface area contributed by atoms with E-state index >= 15 is 0 Å². The van der Waals surface area contributed by atoms with Crippen molar-refractivity contribution < 1.29 is 24.5 Å². The lowest BCUT2D eigenvalue weighted by Gasteiger charge is -2.13. The Bertz CT molecular complexity index is 745. The Kier molecular flexibility index (Phi) is 6.25. The first kappa shape index (κ1) is 18.6. The van der Waals surface area contributed by atoms with Crippen LogP contribution in [0.5, 0.6) is 17.2 Å². The average molecular weight is 345 g/mol. The largest absolute Gasteiger partial charge is 0.504 e. The highest BCUT2D eigenvalue weighted by Gasteiger charge is 2.16. The van der Waals surface area contributed by atoms with Crippen LogP contribution in [-0.2, 0) is 16.0 Å². The molecule has 0 fully saturated rings. The number of carbonyl (C=O) groups is 1. The third-order valence-electron chi connectivity index (χ3n) is 3.71. The molecule has 134 valence electrons. The van der Waals surface area contributed by atoms with Gasteiger partial charge in [0.2, 0.25) is 0 Å². The minimum atomic E-state index is -0.856. The Morgan fingerprint density at radius 1 is 1.08 bits per heavy atom. The molecule has 0 aliphatic carbocycles. The quantitative estimate of drug-likeness (QED) is 0.404. The molecule has 0 aromatic heterocycles. The van der Waals surface area contributed by atoms with Crippen LogP contribution in [0.15, 0.2) is 36.4 Å². The SMILES string of the molecule is Cc1ccc(OCCOC(=O)[C@@H](N)Cc2ccc(O)c(O)c2)c(C)c1. The second-order valence-electron chi connectivity index (χ2n) is 5.92. The first-order chi connectivity index (χ1) is 11.9. The number of hydrogen-bond acceptors (Lipinski definition) is 6. The van der Waals surface area contributed by atoms with E-state index in [1.165, 1.54) is 12.1 Å². The molecule has 0 spiro atoms. The van der Waals surface area contributed by atoms with Gasteiger partial charge in [0.25, 0.3) is 0 Å². The molecule has 0 aliphatic heterocycles. The molecule has 0 saturated carbocycles. The van der Waals surface area contributed by atoms with Crippen molar-refractivity contribution in [3.05, 3.63) is 53.1 Å². The van der Waals surface area contributed by atoms with Gasteiger partial charge in [-0.2, -0.15) is 0 Å². The van der Waals surface area contributed by atoms with E-state index in [0.29, 0.717) is 5.56 Å². The van der Waals surface area contributed by atoms with Crippen molar-refractivity contribution in [3.63, 3.8) is 0 Å². The summed E-state index contributed by atoms with van der Waals surface area (Å²) in [5, 5.41) is 18.7. The van der Waals surface area contributed by atoms with E-state index in [1.54, 1.807) is 6.07 Å². The molecule has 4 N–H and O–H groups in total. The summed E-state index contributed by atoms with van der Waals surface area (Å²) in [4.78, 5) is 11.9. The molecular formula is C19H23NO5. The van der Waals surface area contributed by atoms with E-state index in [4.69, 9.17) is 15.2 Å². The highest BCUT2D eigenvalue weighted by Crippen LogP contribution is 2.25. The second-order valence-corrected chi connectivity index (χ2v) is 5.92. The number of hydrogen-bond donors (Lipinski definition) is 3. The van der Waals surface area contributed by atoms with Gasteiger partial charge in [-0.05, 0) is 49.6 Å². The summed E-state index contributed by atoms with van der Waals surface area (Å²) >= 11 is 0. The molecule has 0 saturated heterocycles. The van der Waals surface area contributed by atoms with E-state index in [2.05, 4.69) is 0 Å². The van der Waals surface area contributed by atoms with Gasteiger partial charge in [-0.15, -0.1) is 0 Å². The van der Waals surface area contributed by atoms with Gasteiger partial charge in [-0.1, -0.05) is 23.8 Å². The molecular weight excluding hydrogens is 322 g/mol. The number of phenols is 2. The van der Waals surface area contributed by atoms with Crippen LogP contribution in [0.3, 0.4) is 0 Å². The zero-order chi connectivity index (χ0) is 18.4. The van der Waals surface area contributed by atoms with Crippen molar-refractivity contribution in [2.45, 2.75) is 26.3 Å². The third kappa shape index (κ3) is 5.39. The third-order valence-corrected chi connectivity index (χ3v) is 3.71. The number of aryl methyl sites for hydroxylation is 2. The van der Waals surface area contributed by atoms with Crippen LogP contribution in [0.1, 0.15) is 16.7 Å². The van der Waals surface area contributed by atoms with Crippen LogP contribution in [-0.4, -0.2) is 35.4 Å². The lowest BCUT2D eigenvalue weighted by molar-refractivity contribution is -0.145. The Balaban J connectivity index is 1.76. The van der Waals surface area contributed by atoms with Gasteiger partial charge < -0.3 is 25.4 Å². The van der Waals surface area contributed by atoms with Gasteiger partial charge in [-0.25, -0.2) is 0 Å². The van der Waals surface area contributed by atoms with Crippen molar-refractivity contribution in [2.75, 3.05) is 13.2 Å². The van der Waals surface area contributed by atoms with Crippen LogP contribution < -0.4 is 10.5 Å². The van der Waals surface area contributed by atoms with Gasteiger partial charge in [0.1, 0.15) is 25.0 Å². The predicted octanol–water partition coefficient (Wildman–Crippen LogP) is 2.21. The van der Waals surface area contributed by atoms with Gasteiger partial charge in [0.15, 0.2) is 11.5 Å². The summed E-state index contributed by atoms with van der Waals surface area (Å²) in [6.07, 6.45) is 0.199. The Hall–Kier alpha value is -2.73. The molecule has 2 aromatic rings. The standard InChI is InChI=1S/C19H23NO5/c1-12-3-6-18(13(2)9-12)24-7-8-25-19(23)15(20)10-14-4-5-16(21)17(22)11-14/h3-6,9,11,15,21-22H,7-8,10,20H2,1-2H3/t15-/m0/s1. The van der Waals surface area contributed by atoms with Gasteiger partial charge in [0, 0.05) is 0 Å². The fourth-order valence-electron chi connectivity index (χ4n) is 2.40. The number of aromatic hydroxyl groups is 2. The molecule has 25 heavy (non-hydrogen) atoms. The lowest BCUT2D eigenvalue weighted by atomic mass is 10.1. The minimum Gasteiger partial charge on any atom is -0.504 e. The molecule has 0 heterocycles. The van der Waals surface area contributed by atoms with Gasteiger partial charge >= 0.3 is 5.97 Å². The number of phenolic OH excluding ortho intramolecular Hbond substituents is 2. The molecule has 6 heteroatoms. The average Bonchev–Trinajstić information content (AvgIpc) is 2.56. The molecule has 0 radical (unpaired) electrons. The van der Waals surface area contributed by atoms with Crippen molar-refractivity contribution in [1.82, 2.24) is 0 Å². The van der Waals surface area contributed by atoms with Crippen molar-refractivity contribution in [3.8, 4) is 17.2 Å². The first-order valence-electron chi connectivity index (χ1n) is 8.00. The maximum absolute atomic E-state index is 11.9. The topological polar surface area (TPSA) is 102 Å². The van der Waals surface area contributed by atoms with Crippen LogP contribution in [0.2, 0.25) is 0 Å². The number of nitrogens with two attached hydrogens (primary N) is 1. The molecule has 0 unspecified atom stereocenters. The zero-order valence-corrected chi connectivity index (χ0v) is 14.4. The Labute approximate surface area is 146 Å². The highest BCUT2D eigenvalue weighted by atomic mass is 16.6. The summed E-state index contributed by atoms with van der Waals surface area (Å²) in [6, 6.07) is 9.31. The number of rotatable bonds is 7. The second kappa shape index (κ2) is 8.39. The summed E-state index contributed by atoms with van der Waals surface area (Å²) in [5.41, 5.74) is 8.62. The normalized spacial score (nSPS) is 11.8. The fraction of sp³-hybridized carbons (Fsp3) is 0.316. The summed E-state index contributed by atoms with van der Waals surface area (Å²) < 4.78 is 10.7. The van der Waals surface area contributed by atoms with E-state index in [1.807, 2.05) is 32.0 Å². The lowest BCUT2D eigenvalue weighted by Crippen LogP contribution is -2.35. The maximum atomic E-state index is 11.9. The van der Waals surface area contributed by atoms with E-state index < -0.39 is 12.0 Å². The molecule has 1 atom stereocenters. The van der Waals surface area contributed by atoms with Crippen molar-refractivity contribution in [2.24, 2.45) is 5.73 Å². The van der Waals surface area contributed by atoms with Crippen LogP contribution >= 0.6 is 0 Å². The fourth-order valence-corrected chi connectivity index (χ4v) is 2.40. The molecule has 0 bridgehead atoms.